The Kier molecular flexibility index (Phi) is 3.91. The molecule has 74 valence electrons. The van der Waals surface area contributed by atoms with Crippen LogP contribution < -0.4 is 0 Å². The number of hydrogen-bond donors (Lipinski definition) is 0. The van der Waals surface area contributed by atoms with Crippen LogP contribution in [0.25, 0.3) is 0 Å². The molecule has 0 bridgehead atoms. The van der Waals surface area contributed by atoms with Crippen molar-refractivity contribution in [3.8, 4) is 0 Å². The van der Waals surface area contributed by atoms with E-state index in [0.29, 0.717) is 5.41 Å². The van der Waals surface area contributed by atoms with E-state index in [1.807, 2.05) is 5.51 Å². The van der Waals surface area contributed by atoms with Crippen molar-refractivity contribution in [3.63, 3.8) is 0 Å². The Morgan fingerprint density at radius 1 is 1.46 bits per heavy atom. The minimum atomic E-state index is 0.315. The number of hydrogen-bond acceptors (Lipinski definition) is 2. The molecule has 1 aromatic heterocycles. The van der Waals surface area contributed by atoms with Crippen LogP contribution in [0.5, 0.6) is 0 Å². The summed E-state index contributed by atoms with van der Waals surface area (Å²) in [4.78, 5) is 4.43. The molecule has 13 heavy (non-hydrogen) atoms. The highest BCUT2D eigenvalue weighted by atomic mass is 32.1. The molecule has 0 aliphatic carbocycles. The maximum absolute atomic E-state index is 4.43. The highest BCUT2D eigenvalue weighted by Crippen LogP contribution is 2.32. The number of rotatable bonds is 5. The lowest BCUT2D eigenvalue weighted by molar-refractivity contribution is 0.394. The van der Waals surface area contributed by atoms with Crippen molar-refractivity contribution in [2.75, 3.05) is 0 Å². The summed E-state index contributed by atoms with van der Waals surface area (Å²) < 4.78 is 0. The zero-order valence-corrected chi connectivity index (χ0v) is 9.66. The number of thiazole rings is 1. The van der Waals surface area contributed by atoms with E-state index in [4.69, 9.17) is 0 Å². The van der Waals surface area contributed by atoms with Crippen LogP contribution in [0.3, 0.4) is 0 Å². The van der Waals surface area contributed by atoms with Gasteiger partial charge in [0.25, 0.3) is 0 Å². The van der Waals surface area contributed by atoms with Crippen LogP contribution in [0.1, 0.15) is 52.1 Å². The summed E-state index contributed by atoms with van der Waals surface area (Å²) in [5.74, 6) is 0. The summed E-state index contributed by atoms with van der Waals surface area (Å²) in [5.41, 5.74) is 3.54. The molecule has 0 fully saturated rings. The van der Waals surface area contributed by atoms with Crippen molar-refractivity contribution in [2.24, 2.45) is 0 Å². The maximum atomic E-state index is 4.43. The van der Waals surface area contributed by atoms with Gasteiger partial charge in [-0.1, -0.05) is 33.6 Å². The molecule has 1 heterocycles. The second-order valence-corrected chi connectivity index (χ2v) is 4.61. The van der Waals surface area contributed by atoms with E-state index in [-0.39, 0.29) is 0 Å². The van der Waals surface area contributed by atoms with Crippen molar-refractivity contribution in [2.45, 2.75) is 51.9 Å². The van der Waals surface area contributed by atoms with Gasteiger partial charge in [-0.25, -0.2) is 4.98 Å². The number of nitrogens with zero attached hydrogens (tertiary/aromatic N) is 1. The Balaban J connectivity index is 2.69. The third kappa shape index (κ3) is 2.53. The van der Waals surface area contributed by atoms with Gasteiger partial charge in [0.05, 0.1) is 11.2 Å². The van der Waals surface area contributed by atoms with Gasteiger partial charge >= 0.3 is 0 Å². The molecular weight excluding hydrogens is 178 g/mol. The smallest absolute Gasteiger partial charge is 0.0794 e. The zero-order valence-electron chi connectivity index (χ0n) is 8.84. The quantitative estimate of drug-likeness (QED) is 0.695. The molecular formula is C11H19NS. The van der Waals surface area contributed by atoms with Gasteiger partial charge in [0.1, 0.15) is 0 Å². The number of unbranched alkanes of at least 4 members (excludes halogenated alkanes) is 1. The van der Waals surface area contributed by atoms with E-state index >= 15 is 0 Å². The Labute approximate surface area is 85.2 Å². The van der Waals surface area contributed by atoms with Crippen LogP contribution in [0.4, 0.5) is 0 Å². The van der Waals surface area contributed by atoms with E-state index in [1.54, 1.807) is 11.3 Å². The summed E-state index contributed by atoms with van der Waals surface area (Å²) in [7, 11) is 0. The molecule has 1 atom stereocenters. The molecule has 1 aromatic rings. The molecule has 0 saturated heterocycles. The van der Waals surface area contributed by atoms with Crippen molar-refractivity contribution >= 4 is 11.3 Å². The first-order valence-corrected chi connectivity index (χ1v) is 6.06. The Hall–Kier alpha value is -0.370. The largest absolute Gasteiger partial charge is 0.249 e. The molecule has 1 nitrogen and oxygen atoms in total. The summed E-state index contributed by atoms with van der Waals surface area (Å²) in [6.07, 6.45) is 5.04. The van der Waals surface area contributed by atoms with E-state index in [9.17, 15) is 0 Å². The van der Waals surface area contributed by atoms with Gasteiger partial charge in [-0.3, -0.25) is 0 Å². The van der Waals surface area contributed by atoms with Crippen molar-refractivity contribution in [1.29, 1.82) is 0 Å². The van der Waals surface area contributed by atoms with Gasteiger partial charge in [0, 0.05) is 10.8 Å². The van der Waals surface area contributed by atoms with E-state index < -0.39 is 0 Å². The van der Waals surface area contributed by atoms with Crippen molar-refractivity contribution < 1.29 is 0 Å². The fourth-order valence-electron chi connectivity index (χ4n) is 1.56. The lowest BCUT2D eigenvalue weighted by Gasteiger charge is -2.26. The SMILES string of the molecule is CCCC[C@](C)(CC)c1cscn1. The van der Waals surface area contributed by atoms with Gasteiger partial charge in [-0.05, 0) is 12.8 Å². The predicted octanol–water partition coefficient (Wildman–Crippen LogP) is 4.00. The molecule has 1 rings (SSSR count). The Morgan fingerprint density at radius 3 is 2.69 bits per heavy atom. The second kappa shape index (κ2) is 4.75. The Bertz CT molecular complexity index is 230. The van der Waals surface area contributed by atoms with Gasteiger partial charge in [0.15, 0.2) is 0 Å². The first-order chi connectivity index (χ1) is 6.23. The maximum Gasteiger partial charge on any atom is 0.0794 e. The van der Waals surface area contributed by atoms with Crippen molar-refractivity contribution in [1.82, 2.24) is 4.98 Å². The molecule has 2 heteroatoms. The van der Waals surface area contributed by atoms with Crippen LogP contribution in [0.2, 0.25) is 0 Å². The first kappa shape index (κ1) is 10.7. The third-order valence-electron chi connectivity index (χ3n) is 2.91. The minimum absolute atomic E-state index is 0.315. The second-order valence-electron chi connectivity index (χ2n) is 3.89. The summed E-state index contributed by atoms with van der Waals surface area (Å²) in [6, 6.07) is 0. The highest BCUT2D eigenvalue weighted by molar-refractivity contribution is 7.07. The standard InChI is InChI=1S/C11H19NS/c1-4-6-7-11(3,5-2)10-8-13-9-12-10/h8-9H,4-7H2,1-3H3/t11-/m0/s1. The summed E-state index contributed by atoms with van der Waals surface area (Å²) in [5, 5.41) is 2.19. The predicted molar refractivity (Wildman–Crippen MR) is 59.3 cm³/mol. The molecule has 0 aromatic carbocycles. The van der Waals surface area contributed by atoms with Crippen LogP contribution in [-0.2, 0) is 5.41 Å². The molecule has 0 spiro atoms. The lowest BCUT2D eigenvalue weighted by Crippen LogP contribution is -2.21. The fraction of sp³-hybridized carbons (Fsp3) is 0.727. The summed E-state index contributed by atoms with van der Waals surface area (Å²) >= 11 is 1.70. The average Bonchev–Trinajstić information content (AvgIpc) is 2.67. The van der Waals surface area contributed by atoms with E-state index in [1.165, 1.54) is 31.4 Å². The molecule has 0 unspecified atom stereocenters. The Morgan fingerprint density at radius 2 is 2.23 bits per heavy atom. The normalized spacial score (nSPS) is 15.6. The highest BCUT2D eigenvalue weighted by Gasteiger charge is 2.25. The first-order valence-electron chi connectivity index (χ1n) is 5.11. The van der Waals surface area contributed by atoms with E-state index in [2.05, 4.69) is 31.1 Å². The van der Waals surface area contributed by atoms with Crippen LogP contribution in [0.15, 0.2) is 10.9 Å². The molecule has 0 radical (unpaired) electrons. The van der Waals surface area contributed by atoms with Gasteiger partial charge in [0.2, 0.25) is 0 Å². The molecule has 0 amide bonds. The van der Waals surface area contributed by atoms with Crippen molar-refractivity contribution in [3.05, 3.63) is 16.6 Å². The lowest BCUT2D eigenvalue weighted by atomic mass is 9.80. The molecule has 0 saturated carbocycles. The van der Waals surface area contributed by atoms with Crippen LogP contribution in [0, 0.1) is 0 Å². The monoisotopic (exact) mass is 197 g/mol. The number of aromatic nitrogens is 1. The molecule has 0 aliphatic heterocycles. The van der Waals surface area contributed by atoms with E-state index in [0.717, 1.165) is 0 Å². The average molecular weight is 197 g/mol. The third-order valence-corrected chi connectivity index (χ3v) is 3.50. The molecule has 0 aliphatic rings. The summed E-state index contributed by atoms with van der Waals surface area (Å²) in [6.45, 7) is 6.84. The minimum Gasteiger partial charge on any atom is -0.249 e. The van der Waals surface area contributed by atoms with Gasteiger partial charge < -0.3 is 0 Å². The molecule has 0 N–H and O–H groups in total. The van der Waals surface area contributed by atoms with Crippen LogP contribution >= 0.6 is 11.3 Å². The van der Waals surface area contributed by atoms with Gasteiger partial charge in [-0.2, -0.15) is 0 Å². The fourth-order valence-corrected chi connectivity index (χ4v) is 2.27. The topological polar surface area (TPSA) is 12.9 Å². The zero-order chi connectivity index (χ0) is 9.73. The van der Waals surface area contributed by atoms with Crippen LogP contribution in [-0.4, -0.2) is 4.98 Å². The van der Waals surface area contributed by atoms with Gasteiger partial charge in [-0.15, -0.1) is 11.3 Å².